The van der Waals surface area contributed by atoms with Crippen molar-refractivity contribution in [1.82, 2.24) is 10.5 Å². The second kappa shape index (κ2) is 8.49. The number of H-pyrrole nitrogens is 1. The molecule has 2 aliphatic heterocycles. The molecule has 1 aromatic heterocycles. The van der Waals surface area contributed by atoms with E-state index in [4.69, 9.17) is 14.3 Å². The van der Waals surface area contributed by atoms with Gasteiger partial charge in [0.1, 0.15) is 28.1 Å². The molecule has 6 aliphatic rings. The van der Waals surface area contributed by atoms with Crippen LogP contribution in [0.2, 0.25) is 0 Å². The highest BCUT2D eigenvalue weighted by atomic mass is 16.7. The van der Waals surface area contributed by atoms with E-state index in [9.17, 15) is 35.1 Å². The predicted molar refractivity (Wildman–Crippen MR) is 151 cm³/mol. The number of benzene rings is 1. The van der Waals surface area contributed by atoms with Crippen molar-refractivity contribution in [2.75, 3.05) is 0 Å². The fourth-order valence-electron chi connectivity index (χ4n) is 10.5. The molecule has 4 saturated carbocycles. The molecular formula is C32H40N2O10. The lowest BCUT2D eigenvalue weighted by atomic mass is 9.52. The number of hydroxylamine groups is 1. The van der Waals surface area contributed by atoms with Gasteiger partial charge in [-0.05, 0) is 55.9 Å². The highest BCUT2D eigenvalue weighted by Crippen LogP contribution is 2.90. The molecule has 12 nitrogen and oxygen atoms in total. The van der Waals surface area contributed by atoms with Crippen LogP contribution in [-0.2, 0) is 14.3 Å². The number of aliphatic hydroxyl groups is 5. The van der Waals surface area contributed by atoms with E-state index in [1.54, 1.807) is 50.2 Å². The third-order valence-corrected chi connectivity index (χ3v) is 12.6. The Balaban J connectivity index is 1.44. The van der Waals surface area contributed by atoms with Crippen LogP contribution in [-0.4, -0.2) is 88.4 Å². The molecule has 8 rings (SSSR count). The van der Waals surface area contributed by atoms with Crippen molar-refractivity contribution in [3.63, 3.8) is 0 Å². The van der Waals surface area contributed by atoms with E-state index in [1.165, 1.54) is 26.1 Å². The molecule has 0 unspecified atom stereocenters. The Hall–Kier alpha value is -2.84. The van der Waals surface area contributed by atoms with Gasteiger partial charge in [-0.3, -0.25) is 0 Å². The maximum atomic E-state index is 13.5. The molecule has 4 aliphatic carbocycles. The quantitative estimate of drug-likeness (QED) is 0.183. The van der Waals surface area contributed by atoms with Crippen LogP contribution in [0.15, 0.2) is 48.7 Å². The lowest BCUT2D eigenvalue weighted by molar-refractivity contribution is -0.383. The number of aromatic amines is 1. The summed E-state index contributed by atoms with van der Waals surface area (Å²) < 4.78 is 12.5. The number of carbonyl (C=O) groups excluding carboxylic acids is 2. The molecule has 6 fully saturated rings. The molecule has 2 aromatic rings. The topological polar surface area (TPSA) is 191 Å². The van der Waals surface area contributed by atoms with Gasteiger partial charge in [0.2, 0.25) is 0 Å². The van der Waals surface area contributed by atoms with Gasteiger partial charge in [-0.2, -0.15) is 0 Å². The molecule has 6 bridgehead atoms. The normalized spacial score (nSPS) is 49.8. The summed E-state index contributed by atoms with van der Waals surface area (Å²) in [6.45, 7) is 8.02. The first-order chi connectivity index (χ1) is 20.5. The van der Waals surface area contributed by atoms with Gasteiger partial charge in [0.25, 0.3) is 0 Å². The number of ether oxygens (including phenoxy) is 2. The van der Waals surface area contributed by atoms with E-state index in [0.29, 0.717) is 6.42 Å². The van der Waals surface area contributed by atoms with Crippen LogP contribution >= 0.6 is 0 Å². The van der Waals surface area contributed by atoms with Gasteiger partial charge >= 0.3 is 11.9 Å². The van der Waals surface area contributed by atoms with Gasteiger partial charge in [0.15, 0.2) is 17.5 Å². The standard InChI is InChI=1S/C32H40N2O10/c1-17(2)29(39)24(42-23(36)20-12-9-15-33-20)30(40)25(4)16-28(38)26(29,5)32(30,41)31(44-28)21(18(3)13-14-27(25,31)37)34-43-22(35)19-10-7-6-8-11-19/h6-12,15,17-18,21,24,33-34,37-41H,13-14,16H2,1-5H3/t18-,21-,24+,25-,26-,27-,28-,29+,30+,31+,32+/m0/s1. The smallest absolute Gasteiger partial charge is 0.356 e. The zero-order valence-electron chi connectivity index (χ0n) is 25.3. The fourth-order valence-corrected chi connectivity index (χ4v) is 10.5. The second-order valence-electron chi connectivity index (χ2n) is 14.3. The zero-order valence-corrected chi connectivity index (χ0v) is 25.3. The van der Waals surface area contributed by atoms with E-state index in [1.807, 2.05) is 6.92 Å². The van der Waals surface area contributed by atoms with E-state index >= 15 is 0 Å². The molecule has 1 aromatic carbocycles. The van der Waals surface area contributed by atoms with Crippen LogP contribution in [0.1, 0.15) is 74.7 Å². The fraction of sp³-hybridized carbons (Fsp3) is 0.625. The van der Waals surface area contributed by atoms with Crippen molar-refractivity contribution in [2.45, 2.75) is 99.8 Å². The molecule has 12 heteroatoms. The van der Waals surface area contributed by atoms with Crippen LogP contribution in [0.5, 0.6) is 0 Å². The Labute approximate surface area is 254 Å². The number of hydrogen-bond donors (Lipinski definition) is 7. The van der Waals surface area contributed by atoms with E-state index in [2.05, 4.69) is 10.5 Å². The van der Waals surface area contributed by atoms with Gasteiger partial charge in [-0.15, -0.1) is 5.48 Å². The van der Waals surface area contributed by atoms with Crippen molar-refractivity contribution >= 4 is 11.9 Å². The van der Waals surface area contributed by atoms with Crippen molar-refractivity contribution in [1.29, 1.82) is 0 Å². The minimum atomic E-state index is -2.64. The van der Waals surface area contributed by atoms with Gasteiger partial charge in [-0.1, -0.05) is 45.9 Å². The van der Waals surface area contributed by atoms with Crippen LogP contribution in [0.4, 0.5) is 0 Å². The third kappa shape index (κ3) is 2.63. The SMILES string of the molecule is CC(C)[C@@]1(O)[C@@H](OC(=O)c2ccc[nH]2)[C@@]2(O)[C@@]3(C)C[C@]4(O)O[C@@]5([C@@H](NOC(=O)c6ccccc6)[C@@H](C)CC[C@]35O)[C@@]2(O)[C@]14C. The summed E-state index contributed by atoms with van der Waals surface area (Å²) in [5.41, 5.74) is -12.6. The van der Waals surface area contributed by atoms with Crippen LogP contribution in [0, 0.1) is 22.7 Å². The molecule has 0 radical (unpaired) electrons. The summed E-state index contributed by atoms with van der Waals surface area (Å²) in [7, 11) is 0. The Morgan fingerprint density at radius 3 is 2.32 bits per heavy atom. The van der Waals surface area contributed by atoms with E-state index in [0.717, 1.165) is 0 Å². The van der Waals surface area contributed by atoms with Gasteiger partial charge in [-0.25, -0.2) is 9.59 Å². The number of aromatic nitrogens is 1. The zero-order chi connectivity index (χ0) is 31.9. The first-order valence-electron chi connectivity index (χ1n) is 15.2. The van der Waals surface area contributed by atoms with Crippen molar-refractivity contribution in [3.05, 3.63) is 59.9 Å². The molecule has 2 saturated heterocycles. The highest BCUT2D eigenvalue weighted by Gasteiger charge is 3.10. The molecule has 11 atom stereocenters. The maximum Gasteiger partial charge on any atom is 0.356 e. The summed E-state index contributed by atoms with van der Waals surface area (Å²) in [5, 5.41) is 64.7. The summed E-state index contributed by atoms with van der Waals surface area (Å²) in [6, 6.07) is 10.1. The summed E-state index contributed by atoms with van der Waals surface area (Å²) in [6.07, 6.45) is -0.296. The van der Waals surface area contributed by atoms with Crippen LogP contribution < -0.4 is 5.48 Å². The molecule has 1 spiro atoms. The first-order valence-corrected chi connectivity index (χ1v) is 15.2. The summed E-state index contributed by atoms with van der Waals surface area (Å²) in [4.78, 5) is 34.8. The Morgan fingerprint density at radius 2 is 1.70 bits per heavy atom. The van der Waals surface area contributed by atoms with Gasteiger partial charge in [0, 0.05) is 18.0 Å². The van der Waals surface area contributed by atoms with Gasteiger partial charge in [0.05, 0.1) is 17.0 Å². The Morgan fingerprint density at radius 1 is 1.02 bits per heavy atom. The monoisotopic (exact) mass is 612 g/mol. The Bertz CT molecular complexity index is 1540. The minimum Gasteiger partial charge on any atom is -0.451 e. The third-order valence-electron chi connectivity index (χ3n) is 12.6. The number of nitrogens with one attached hydrogen (secondary N) is 2. The van der Waals surface area contributed by atoms with Crippen LogP contribution in [0.3, 0.4) is 0 Å². The minimum absolute atomic E-state index is 0.0314. The van der Waals surface area contributed by atoms with E-state index in [-0.39, 0.29) is 24.1 Å². The Kier molecular flexibility index (Phi) is 5.76. The summed E-state index contributed by atoms with van der Waals surface area (Å²) in [5.74, 6) is -5.20. The molecule has 44 heavy (non-hydrogen) atoms. The van der Waals surface area contributed by atoms with E-state index < -0.39 is 80.5 Å². The molecule has 3 heterocycles. The second-order valence-corrected chi connectivity index (χ2v) is 14.3. The van der Waals surface area contributed by atoms with Crippen molar-refractivity contribution < 1.29 is 49.4 Å². The first kappa shape index (κ1) is 29.8. The lowest BCUT2D eigenvalue weighted by Gasteiger charge is -2.61. The van der Waals surface area contributed by atoms with Crippen molar-refractivity contribution in [3.8, 4) is 0 Å². The number of hydrogen-bond acceptors (Lipinski definition) is 11. The number of esters is 1. The largest absolute Gasteiger partial charge is 0.451 e. The lowest BCUT2D eigenvalue weighted by Crippen LogP contribution is -2.78. The molecule has 238 valence electrons. The number of rotatable bonds is 6. The van der Waals surface area contributed by atoms with Crippen LogP contribution in [0.25, 0.3) is 0 Å². The average molecular weight is 613 g/mol. The highest BCUT2D eigenvalue weighted by molar-refractivity contribution is 5.89. The molecular weight excluding hydrogens is 572 g/mol. The molecule has 7 N–H and O–H groups in total. The average Bonchev–Trinajstić information content (AvgIpc) is 3.61. The molecule has 0 amide bonds. The number of carbonyl (C=O) groups is 2. The van der Waals surface area contributed by atoms with Gasteiger partial charge < -0.3 is 44.8 Å². The predicted octanol–water partition coefficient (Wildman–Crippen LogP) is 1.18. The van der Waals surface area contributed by atoms with Crippen molar-refractivity contribution in [2.24, 2.45) is 22.7 Å². The maximum absolute atomic E-state index is 13.5. The summed E-state index contributed by atoms with van der Waals surface area (Å²) >= 11 is 0.